The van der Waals surface area contributed by atoms with Crippen molar-refractivity contribution in [2.75, 3.05) is 12.8 Å². The first kappa shape index (κ1) is 14.5. The number of nitrogens with two attached hydrogens (primary N) is 1. The third-order valence-electron chi connectivity index (χ3n) is 2.54. The van der Waals surface area contributed by atoms with Crippen molar-refractivity contribution in [2.24, 2.45) is 7.05 Å². The molecule has 1 heterocycles. The molecule has 0 bridgehead atoms. The molecule has 102 valence electrons. The zero-order chi connectivity index (χ0) is 14.1. The summed E-state index contributed by atoms with van der Waals surface area (Å²) in [6.45, 7) is 3.03. The van der Waals surface area contributed by atoms with Gasteiger partial charge in [0.1, 0.15) is 4.90 Å². The number of aromatic nitrogens is 2. The Bertz CT molecular complexity index is 563. The number of rotatable bonds is 4. The number of nitrogens with one attached hydrogen (secondary N) is 2. The van der Waals surface area contributed by atoms with E-state index in [2.05, 4.69) is 15.1 Å². The van der Waals surface area contributed by atoms with Crippen LogP contribution in [0.25, 0.3) is 0 Å². The van der Waals surface area contributed by atoms with E-state index >= 15 is 0 Å². The van der Waals surface area contributed by atoms with Gasteiger partial charge in [0, 0.05) is 14.1 Å². The third-order valence-corrected chi connectivity index (χ3v) is 4.25. The monoisotopic (exact) mass is 275 g/mol. The van der Waals surface area contributed by atoms with Crippen molar-refractivity contribution < 1.29 is 13.2 Å². The van der Waals surface area contributed by atoms with Gasteiger partial charge in [-0.05, 0) is 13.8 Å². The maximum absolute atomic E-state index is 12.1. The van der Waals surface area contributed by atoms with E-state index in [1.807, 2.05) is 0 Å². The Balaban J connectivity index is 3.11. The van der Waals surface area contributed by atoms with Gasteiger partial charge in [0.2, 0.25) is 15.9 Å². The van der Waals surface area contributed by atoms with Crippen molar-refractivity contribution in [2.45, 2.75) is 24.8 Å². The predicted molar refractivity (Wildman–Crippen MR) is 66.2 cm³/mol. The second kappa shape index (κ2) is 4.94. The molecule has 1 aromatic heterocycles. The van der Waals surface area contributed by atoms with E-state index in [0.29, 0.717) is 5.69 Å². The van der Waals surface area contributed by atoms with E-state index in [-0.39, 0.29) is 10.7 Å². The molecule has 0 aliphatic rings. The minimum atomic E-state index is -3.87. The molecule has 0 saturated heterocycles. The van der Waals surface area contributed by atoms with Crippen molar-refractivity contribution in [1.82, 2.24) is 19.8 Å². The quantitative estimate of drug-likeness (QED) is 0.632. The van der Waals surface area contributed by atoms with E-state index in [9.17, 15) is 13.2 Å². The number of amides is 1. The molecule has 1 rings (SSSR count). The number of sulfonamides is 1. The molecule has 0 radical (unpaired) electrons. The Morgan fingerprint density at radius 3 is 2.44 bits per heavy atom. The summed E-state index contributed by atoms with van der Waals surface area (Å²) in [5.74, 6) is -0.523. The summed E-state index contributed by atoms with van der Waals surface area (Å²) >= 11 is 0. The van der Waals surface area contributed by atoms with E-state index in [4.69, 9.17) is 5.73 Å². The van der Waals surface area contributed by atoms with E-state index in [1.54, 1.807) is 14.0 Å². The molecule has 0 aliphatic carbocycles. The van der Waals surface area contributed by atoms with Crippen LogP contribution in [-0.4, -0.2) is 37.2 Å². The van der Waals surface area contributed by atoms with Gasteiger partial charge >= 0.3 is 0 Å². The van der Waals surface area contributed by atoms with Crippen LogP contribution in [0.5, 0.6) is 0 Å². The van der Waals surface area contributed by atoms with Crippen LogP contribution in [0.15, 0.2) is 4.90 Å². The highest BCUT2D eigenvalue weighted by Gasteiger charge is 2.27. The molecule has 0 aromatic carbocycles. The number of hydrogen-bond donors (Lipinski definition) is 3. The van der Waals surface area contributed by atoms with Crippen LogP contribution in [0.3, 0.4) is 0 Å². The van der Waals surface area contributed by atoms with Gasteiger partial charge in [-0.15, -0.1) is 0 Å². The lowest BCUT2D eigenvalue weighted by Gasteiger charge is -2.12. The van der Waals surface area contributed by atoms with Crippen molar-refractivity contribution in [3.8, 4) is 0 Å². The van der Waals surface area contributed by atoms with Crippen LogP contribution in [0, 0.1) is 6.92 Å². The number of nitrogen functional groups attached to an aromatic ring is 1. The van der Waals surface area contributed by atoms with Gasteiger partial charge in [-0.1, -0.05) is 0 Å². The summed E-state index contributed by atoms with van der Waals surface area (Å²) in [6.07, 6.45) is 0. The number of anilines is 1. The van der Waals surface area contributed by atoms with Crippen LogP contribution < -0.4 is 15.8 Å². The fourth-order valence-corrected chi connectivity index (χ4v) is 3.04. The van der Waals surface area contributed by atoms with E-state index in [1.165, 1.54) is 18.7 Å². The smallest absolute Gasteiger partial charge is 0.246 e. The molecule has 8 nitrogen and oxygen atoms in total. The fraction of sp³-hybridized carbons (Fsp3) is 0.556. The summed E-state index contributed by atoms with van der Waals surface area (Å²) in [5, 5.41) is 6.18. The van der Waals surface area contributed by atoms with Gasteiger partial charge in [0.25, 0.3) is 0 Å². The van der Waals surface area contributed by atoms with Gasteiger partial charge in [0.05, 0.1) is 11.7 Å². The SMILES string of the molecule is CNC(=O)C(C)NS(=O)(=O)c1c(N)nn(C)c1C. The van der Waals surface area contributed by atoms with Crippen LogP contribution in [0.2, 0.25) is 0 Å². The summed E-state index contributed by atoms with van der Waals surface area (Å²) < 4.78 is 27.8. The topological polar surface area (TPSA) is 119 Å². The van der Waals surface area contributed by atoms with E-state index < -0.39 is 22.0 Å². The molecule has 0 aliphatic heterocycles. The Labute approximate surface area is 106 Å². The van der Waals surface area contributed by atoms with E-state index in [0.717, 1.165) is 0 Å². The number of likely N-dealkylation sites (N-methyl/N-ethyl adjacent to an activating group) is 1. The van der Waals surface area contributed by atoms with Crippen molar-refractivity contribution in [1.29, 1.82) is 0 Å². The van der Waals surface area contributed by atoms with Crippen LogP contribution in [0.4, 0.5) is 5.82 Å². The Morgan fingerprint density at radius 2 is 2.06 bits per heavy atom. The van der Waals surface area contributed by atoms with Gasteiger partial charge in [-0.2, -0.15) is 9.82 Å². The van der Waals surface area contributed by atoms with Gasteiger partial charge in [-0.25, -0.2) is 8.42 Å². The molecule has 4 N–H and O–H groups in total. The second-order valence-electron chi connectivity index (χ2n) is 3.88. The zero-order valence-corrected chi connectivity index (χ0v) is 11.5. The zero-order valence-electron chi connectivity index (χ0n) is 10.7. The molecule has 0 spiro atoms. The summed E-state index contributed by atoms with van der Waals surface area (Å²) in [6, 6.07) is -0.890. The number of hydrogen-bond acceptors (Lipinski definition) is 5. The van der Waals surface area contributed by atoms with Crippen molar-refractivity contribution in [3.05, 3.63) is 5.69 Å². The normalized spacial score (nSPS) is 13.3. The lowest BCUT2D eigenvalue weighted by molar-refractivity contribution is -0.121. The first-order valence-corrected chi connectivity index (χ1v) is 6.72. The first-order valence-electron chi connectivity index (χ1n) is 5.23. The maximum atomic E-state index is 12.1. The molecule has 1 aromatic rings. The molecule has 9 heteroatoms. The molecule has 0 fully saturated rings. The highest BCUT2D eigenvalue weighted by atomic mass is 32.2. The highest BCUT2D eigenvalue weighted by molar-refractivity contribution is 7.89. The number of carbonyl (C=O) groups is 1. The lowest BCUT2D eigenvalue weighted by Crippen LogP contribution is -2.43. The highest BCUT2D eigenvalue weighted by Crippen LogP contribution is 2.21. The summed E-state index contributed by atoms with van der Waals surface area (Å²) in [4.78, 5) is 11.2. The van der Waals surface area contributed by atoms with Crippen LogP contribution >= 0.6 is 0 Å². The Kier molecular flexibility index (Phi) is 3.97. The minimum absolute atomic E-state index is 0.0911. The van der Waals surface area contributed by atoms with Crippen molar-refractivity contribution >= 4 is 21.7 Å². The molecule has 1 atom stereocenters. The molecular weight excluding hydrogens is 258 g/mol. The second-order valence-corrected chi connectivity index (χ2v) is 5.53. The number of carbonyl (C=O) groups excluding carboxylic acids is 1. The summed E-state index contributed by atoms with van der Waals surface area (Å²) in [7, 11) is -0.857. The average molecular weight is 275 g/mol. The first-order chi connectivity index (χ1) is 8.20. The average Bonchev–Trinajstić information content (AvgIpc) is 2.51. The van der Waals surface area contributed by atoms with Crippen LogP contribution in [0.1, 0.15) is 12.6 Å². The molecule has 1 unspecified atom stereocenters. The Hall–Kier alpha value is -1.61. The Morgan fingerprint density at radius 1 is 1.50 bits per heavy atom. The number of nitrogens with zero attached hydrogens (tertiary/aromatic N) is 2. The largest absolute Gasteiger partial charge is 0.381 e. The predicted octanol–water partition coefficient (Wildman–Crippen LogP) is -1.28. The fourth-order valence-electron chi connectivity index (χ4n) is 1.51. The standard InChI is InChI=1S/C9H17N5O3S/c1-5(9(15)11-3)13-18(16,17)7-6(2)14(4)12-8(7)10/h5,13H,1-4H3,(H2,10,12)(H,11,15). The molecule has 0 saturated carbocycles. The lowest BCUT2D eigenvalue weighted by atomic mass is 10.3. The molecule has 1 amide bonds. The third kappa shape index (κ3) is 2.62. The van der Waals surface area contributed by atoms with Gasteiger partial charge < -0.3 is 11.1 Å². The summed E-state index contributed by atoms with van der Waals surface area (Å²) in [5.41, 5.74) is 5.97. The van der Waals surface area contributed by atoms with Gasteiger partial charge in [0.15, 0.2) is 5.82 Å². The maximum Gasteiger partial charge on any atom is 0.246 e. The minimum Gasteiger partial charge on any atom is -0.381 e. The molecule has 18 heavy (non-hydrogen) atoms. The van der Waals surface area contributed by atoms with Crippen molar-refractivity contribution in [3.63, 3.8) is 0 Å². The molecular formula is C9H17N5O3S. The van der Waals surface area contributed by atoms with Gasteiger partial charge in [-0.3, -0.25) is 9.48 Å². The van der Waals surface area contributed by atoms with Crippen LogP contribution in [-0.2, 0) is 21.9 Å². The number of aryl methyl sites for hydroxylation is 1.